The van der Waals surface area contributed by atoms with E-state index in [0.29, 0.717) is 6.42 Å². The molecule has 0 bridgehead atoms. The maximum absolute atomic E-state index is 10.5. The zero-order chi connectivity index (χ0) is 26.7. The smallest absolute Gasteiger partial charge is 0.303 e. The highest BCUT2D eigenvalue weighted by atomic mass is 16.4. The van der Waals surface area contributed by atoms with Gasteiger partial charge in [-0.25, -0.2) is 0 Å². The lowest BCUT2D eigenvalue weighted by Gasteiger charge is -1.87. The van der Waals surface area contributed by atoms with Crippen LogP contribution in [0.15, 0.2) is 72.9 Å². The summed E-state index contributed by atoms with van der Waals surface area (Å²) in [5, 5.41) is 8.57. The standard InChI is InChI=1S/C22H32O2/c1-2-3-4-5-6-7-8-9-10-11-12-13-14-15-16-17-18-19-20-21-22(23)24/h3-4,6-7,9-10,12-13,15-16,18-19H,2,5,8,11,14,17,20-21H2,1H3,(H,23,24)/b4-3-,7-6-,10-9-,13-12-,16-15-,19-18-/i5D2,8D2,11D2,14D2,17D2. The summed E-state index contributed by atoms with van der Waals surface area (Å²) in [4.78, 5) is 10.5. The minimum atomic E-state index is -2.22. The van der Waals surface area contributed by atoms with Crippen molar-refractivity contribution < 1.29 is 23.6 Å². The Morgan fingerprint density at radius 3 is 1.38 bits per heavy atom. The third-order valence-electron chi connectivity index (χ3n) is 2.29. The molecule has 0 amide bonds. The molecule has 0 aromatic carbocycles. The predicted molar refractivity (Wildman–Crippen MR) is 105 cm³/mol. The molecular formula is C22H32O2. The number of hydrogen-bond acceptors (Lipinski definition) is 1. The molecule has 0 aliphatic heterocycles. The molecule has 1 N–H and O–H groups in total. The quantitative estimate of drug-likeness (QED) is 0.365. The summed E-state index contributed by atoms with van der Waals surface area (Å²) >= 11 is 0. The monoisotopic (exact) mass is 338 g/mol. The first-order valence-corrected chi connectivity index (χ1v) is 7.69. The van der Waals surface area contributed by atoms with Crippen LogP contribution < -0.4 is 0 Å². The average molecular weight is 339 g/mol. The second kappa shape index (κ2) is 19.0. The average Bonchev–Trinajstić information content (AvgIpc) is 2.71. The topological polar surface area (TPSA) is 37.3 Å². The fraction of sp³-hybridized carbons (Fsp3) is 0.409. The van der Waals surface area contributed by atoms with Crippen LogP contribution in [0.25, 0.3) is 0 Å². The van der Waals surface area contributed by atoms with Gasteiger partial charge in [0, 0.05) is 20.1 Å². The van der Waals surface area contributed by atoms with E-state index < -0.39 is 37.8 Å². The molecule has 2 nitrogen and oxygen atoms in total. The van der Waals surface area contributed by atoms with E-state index in [1.165, 1.54) is 12.2 Å². The van der Waals surface area contributed by atoms with Gasteiger partial charge in [-0.2, -0.15) is 0 Å². The SMILES string of the molecule is [2H]C([2H])(/C=C\CC)/C=C\C([2H])([2H])/C=C\C([2H])([2H])/C=C\C([2H])([2H])/C=C\C([2H])([2H])/C=C\CCC(=O)O. The third-order valence-corrected chi connectivity index (χ3v) is 2.29. The van der Waals surface area contributed by atoms with Crippen LogP contribution in [0.5, 0.6) is 0 Å². The third kappa shape index (κ3) is 19.9. The molecular weight excluding hydrogens is 296 g/mol. The van der Waals surface area contributed by atoms with Crippen molar-refractivity contribution in [2.75, 3.05) is 0 Å². The van der Waals surface area contributed by atoms with Gasteiger partial charge in [-0.1, -0.05) is 79.8 Å². The Labute approximate surface area is 161 Å². The second-order valence-electron chi connectivity index (χ2n) is 4.31. The van der Waals surface area contributed by atoms with Crippen molar-refractivity contribution >= 4 is 5.97 Å². The van der Waals surface area contributed by atoms with Crippen LogP contribution in [0.2, 0.25) is 0 Å². The van der Waals surface area contributed by atoms with Gasteiger partial charge in [-0.05, 0) is 44.7 Å². The van der Waals surface area contributed by atoms with Crippen molar-refractivity contribution in [1.29, 1.82) is 0 Å². The molecule has 24 heavy (non-hydrogen) atoms. The fourth-order valence-electron chi connectivity index (χ4n) is 1.21. The molecule has 0 heterocycles. The highest BCUT2D eigenvalue weighted by Gasteiger charge is 1.90. The van der Waals surface area contributed by atoms with Gasteiger partial charge in [0.2, 0.25) is 0 Å². The Kier molecular flexibility index (Phi) is 7.92. The van der Waals surface area contributed by atoms with Gasteiger partial charge in [-0.3, -0.25) is 4.79 Å². The number of allylic oxidation sites excluding steroid dienone is 12. The lowest BCUT2D eigenvalue weighted by molar-refractivity contribution is -0.136. The number of aliphatic carboxylic acids is 1. The molecule has 0 spiro atoms. The normalized spacial score (nSPS) is 22.2. The van der Waals surface area contributed by atoms with Crippen LogP contribution in [0.3, 0.4) is 0 Å². The molecule has 0 saturated heterocycles. The predicted octanol–water partition coefficient (Wildman–Crippen LogP) is 6.55. The zero-order valence-electron chi connectivity index (χ0n) is 23.9. The fourth-order valence-corrected chi connectivity index (χ4v) is 1.21. The van der Waals surface area contributed by atoms with Crippen LogP contribution in [-0.2, 0) is 4.79 Å². The molecule has 0 aliphatic carbocycles. The number of carbonyl (C=O) groups is 1. The Hall–Kier alpha value is -2.09. The largest absolute Gasteiger partial charge is 0.481 e. The summed E-state index contributed by atoms with van der Waals surface area (Å²) in [6.45, 7) is 1.84. The van der Waals surface area contributed by atoms with Crippen molar-refractivity contribution in [3.8, 4) is 0 Å². The van der Waals surface area contributed by atoms with E-state index in [4.69, 9.17) is 18.8 Å². The highest BCUT2D eigenvalue weighted by molar-refractivity contribution is 5.66. The van der Waals surface area contributed by atoms with Crippen LogP contribution in [-0.4, -0.2) is 11.1 Å². The van der Waals surface area contributed by atoms with Gasteiger partial charge in [0.25, 0.3) is 0 Å². The summed E-state index contributed by atoms with van der Waals surface area (Å²) in [5.41, 5.74) is 0. The lowest BCUT2D eigenvalue weighted by atomic mass is 10.2. The highest BCUT2D eigenvalue weighted by Crippen LogP contribution is 1.97. The van der Waals surface area contributed by atoms with E-state index in [2.05, 4.69) is 0 Å². The minimum Gasteiger partial charge on any atom is -0.481 e. The first-order chi connectivity index (χ1) is 15.3. The van der Waals surface area contributed by atoms with Crippen LogP contribution in [0.1, 0.15) is 71.8 Å². The Morgan fingerprint density at radius 2 is 1.04 bits per heavy atom. The van der Waals surface area contributed by atoms with E-state index >= 15 is 0 Å². The van der Waals surface area contributed by atoms with Gasteiger partial charge in [0.15, 0.2) is 0 Å². The number of hydrogen-bond donors (Lipinski definition) is 1. The summed E-state index contributed by atoms with van der Waals surface area (Å²) in [7, 11) is 0. The van der Waals surface area contributed by atoms with E-state index in [0.717, 1.165) is 54.7 Å². The first kappa shape index (κ1) is 10.0. The Balaban J connectivity index is 5.26. The van der Waals surface area contributed by atoms with Gasteiger partial charge in [0.05, 0.1) is 0 Å². The molecule has 0 aromatic rings. The lowest BCUT2D eigenvalue weighted by Crippen LogP contribution is -1.91. The summed E-state index contributed by atoms with van der Waals surface area (Å²) in [5.74, 6) is -1.01. The molecule has 0 aromatic heterocycles. The van der Waals surface area contributed by atoms with Crippen LogP contribution in [0.4, 0.5) is 0 Å². The van der Waals surface area contributed by atoms with Gasteiger partial charge in [-0.15, -0.1) is 0 Å². The van der Waals surface area contributed by atoms with Crippen LogP contribution in [0, 0.1) is 0 Å². The first-order valence-electron chi connectivity index (χ1n) is 12.7. The maximum Gasteiger partial charge on any atom is 0.303 e. The van der Waals surface area contributed by atoms with E-state index in [1.54, 1.807) is 6.08 Å². The van der Waals surface area contributed by atoms with E-state index in [9.17, 15) is 4.79 Å². The molecule has 2 heteroatoms. The summed E-state index contributed by atoms with van der Waals surface area (Å²) in [6.07, 6.45) is 3.01. The number of carboxylic acids is 1. The van der Waals surface area contributed by atoms with Gasteiger partial charge in [0.1, 0.15) is 0 Å². The van der Waals surface area contributed by atoms with Crippen molar-refractivity contribution in [2.45, 2.75) is 58.1 Å². The van der Waals surface area contributed by atoms with Gasteiger partial charge < -0.3 is 5.11 Å². The van der Waals surface area contributed by atoms with Crippen molar-refractivity contribution in [1.82, 2.24) is 0 Å². The summed E-state index contributed by atoms with van der Waals surface area (Å²) in [6, 6.07) is 0. The zero-order valence-corrected chi connectivity index (χ0v) is 13.9. The molecule has 0 atom stereocenters. The molecule has 0 aliphatic rings. The number of carboxylic acid groups (broad SMARTS) is 1. The van der Waals surface area contributed by atoms with Crippen LogP contribution >= 0.6 is 0 Å². The Morgan fingerprint density at radius 1 is 0.708 bits per heavy atom. The van der Waals surface area contributed by atoms with Gasteiger partial charge >= 0.3 is 5.97 Å². The van der Waals surface area contributed by atoms with E-state index in [1.807, 2.05) is 6.92 Å². The molecule has 0 fully saturated rings. The van der Waals surface area contributed by atoms with Crippen molar-refractivity contribution in [3.63, 3.8) is 0 Å². The molecule has 0 saturated carbocycles. The molecule has 0 unspecified atom stereocenters. The second-order valence-corrected chi connectivity index (χ2v) is 4.31. The van der Waals surface area contributed by atoms with E-state index in [-0.39, 0.29) is 12.8 Å². The van der Waals surface area contributed by atoms with Crippen molar-refractivity contribution in [2.24, 2.45) is 0 Å². The minimum absolute atomic E-state index is 0.130. The molecule has 132 valence electrons. The molecule has 0 radical (unpaired) electrons. The maximum atomic E-state index is 10.5. The molecule has 0 rings (SSSR count). The summed E-state index contributed by atoms with van der Waals surface area (Å²) < 4.78 is 78.5. The number of rotatable bonds is 14. The van der Waals surface area contributed by atoms with Crippen molar-refractivity contribution in [3.05, 3.63) is 72.9 Å². The Bertz CT molecular complexity index is 835.